The normalized spacial score (nSPS) is 30.7. The van der Waals surface area contributed by atoms with Gasteiger partial charge in [-0.3, -0.25) is 0 Å². The van der Waals surface area contributed by atoms with E-state index in [1.165, 1.54) is 89.9 Å². The standard InChI is InChI=1S/C19H37NO/c1-20-18-14-8-6-4-2-3-5-7-9-15-19(18)21-16-17-12-10-11-13-17/h17-20H,2-16H2,1H3. The summed E-state index contributed by atoms with van der Waals surface area (Å²) in [6.07, 6.45) is 20.0. The Balaban J connectivity index is 1.80. The van der Waals surface area contributed by atoms with Crippen molar-refractivity contribution in [2.24, 2.45) is 5.92 Å². The molecular weight excluding hydrogens is 258 g/mol. The van der Waals surface area contributed by atoms with Gasteiger partial charge in [-0.1, -0.05) is 64.2 Å². The zero-order valence-corrected chi connectivity index (χ0v) is 14.2. The van der Waals surface area contributed by atoms with Gasteiger partial charge in [0.05, 0.1) is 6.10 Å². The Bertz CT molecular complexity index is 250. The van der Waals surface area contributed by atoms with Gasteiger partial charge in [0.25, 0.3) is 0 Å². The number of ether oxygens (including phenoxy) is 1. The zero-order valence-electron chi connectivity index (χ0n) is 14.2. The lowest BCUT2D eigenvalue weighted by Gasteiger charge is -2.29. The predicted molar refractivity (Wildman–Crippen MR) is 90.7 cm³/mol. The Kier molecular flexibility index (Phi) is 8.73. The molecule has 2 saturated carbocycles. The number of likely N-dealkylation sites (N-methyl/N-ethyl adjacent to an activating group) is 1. The monoisotopic (exact) mass is 295 g/mol. The van der Waals surface area contributed by atoms with Crippen molar-refractivity contribution in [2.75, 3.05) is 13.7 Å². The van der Waals surface area contributed by atoms with E-state index in [4.69, 9.17) is 4.74 Å². The van der Waals surface area contributed by atoms with Gasteiger partial charge in [-0.25, -0.2) is 0 Å². The van der Waals surface area contributed by atoms with E-state index in [0.717, 1.165) is 12.5 Å². The first-order valence-corrected chi connectivity index (χ1v) is 9.69. The Hall–Kier alpha value is -0.0800. The van der Waals surface area contributed by atoms with Crippen LogP contribution in [0.15, 0.2) is 0 Å². The second-order valence-corrected chi connectivity index (χ2v) is 7.32. The number of rotatable bonds is 4. The van der Waals surface area contributed by atoms with E-state index in [9.17, 15) is 0 Å². The molecule has 2 atom stereocenters. The Morgan fingerprint density at radius 1 is 0.714 bits per heavy atom. The van der Waals surface area contributed by atoms with Crippen molar-refractivity contribution in [3.05, 3.63) is 0 Å². The minimum atomic E-state index is 0.454. The third-order valence-electron chi connectivity index (χ3n) is 5.59. The van der Waals surface area contributed by atoms with E-state index >= 15 is 0 Å². The number of nitrogens with one attached hydrogen (secondary N) is 1. The van der Waals surface area contributed by atoms with E-state index in [-0.39, 0.29) is 0 Å². The number of hydrogen-bond acceptors (Lipinski definition) is 2. The number of hydrogen-bond donors (Lipinski definition) is 1. The topological polar surface area (TPSA) is 21.3 Å². The van der Waals surface area contributed by atoms with Gasteiger partial charge < -0.3 is 10.1 Å². The molecular formula is C19H37NO. The molecule has 2 unspecified atom stereocenters. The van der Waals surface area contributed by atoms with Crippen molar-refractivity contribution >= 4 is 0 Å². The molecule has 0 aromatic heterocycles. The van der Waals surface area contributed by atoms with Crippen LogP contribution < -0.4 is 5.32 Å². The summed E-state index contributed by atoms with van der Waals surface area (Å²) < 4.78 is 6.41. The lowest BCUT2D eigenvalue weighted by molar-refractivity contribution is -0.000282. The van der Waals surface area contributed by atoms with Gasteiger partial charge in [0.15, 0.2) is 0 Å². The molecule has 2 fully saturated rings. The summed E-state index contributed by atoms with van der Waals surface area (Å²) in [5.41, 5.74) is 0. The summed E-state index contributed by atoms with van der Waals surface area (Å²) in [5.74, 6) is 0.851. The van der Waals surface area contributed by atoms with Gasteiger partial charge >= 0.3 is 0 Å². The van der Waals surface area contributed by atoms with E-state index in [1.54, 1.807) is 0 Å². The van der Waals surface area contributed by atoms with Crippen LogP contribution in [-0.2, 0) is 4.74 Å². The van der Waals surface area contributed by atoms with Crippen LogP contribution in [0.25, 0.3) is 0 Å². The lowest BCUT2D eigenvalue weighted by Crippen LogP contribution is -2.40. The van der Waals surface area contributed by atoms with Crippen molar-refractivity contribution in [1.82, 2.24) is 5.32 Å². The highest BCUT2D eigenvalue weighted by Crippen LogP contribution is 2.26. The van der Waals surface area contributed by atoms with Crippen molar-refractivity contribution in [1.29, 1.82) is 0 Å². The molecule has 0 bridgehead atoms. The third-order valence-corrected chi connectivity index (χ3v) is 5.59. The fourth-order valence-electron chi connectivity index (χ4n) is 4.12. The van der Waals surface area contributed by atoms with Crippen LogP contribution in [0, 0.1) is 5.92 Å². The third kappa shape index (κ3) is 6.69. The molecule has 0 aromatic carbocycles. The fourth-order valence-corrected chi connectivity index (χ4v) is 4.12. The smallest absolute Gasteiger partial charge is 0.0728 e. The average Bonchev–Trinajstić information content (AvgIpc) is 3.00. The Morgan fingerprint density at radius 2 is 1.24 bits per heavy atom. The Morgan fingerprint density at radius 3 is 1.86 bits per heavy atom. The Labute approximate surface area is 132 Å². The fraction of sp³-hybridized carbons (Fsp3) is 1.00. The van der Waals surface area contributed by atoms with Crippen LogP contribution in [0.4, 0.5) is 0 Å². The highest BCUT2D eigenvalue weighted by atomic mass is 16.5. The largest absolute Gasteiger partial charge is 0.376 e. The van der Waals surface area contributed by atoms with Crippen LogP contribution in [0.2, 0.25) is 0 Å². The van der Waals surface area contributed by atoms with Crippen molar-refractivity contribution in [2.45, 2.75) is 102 Å². The van der Waals surface area contributed by atoms with E-state index in [1.807, 2.05) is 0 Å². The summed E-state index contributed by atoms with van der Waals surface area (Å²) in [7, 11) is 2.13. The van der Waals surface area contributed by atoms with E-state index in [2.05, 4.69) is 12.4 Å². The lowest BCUT2D eigenvalue weighted by atomic mass is 9.95. The van der Waals surface area contributed by atoms with E-state index < -0.39 is 0 Å². The molecule has 0 aliphatic heterocycles. The summed E-state index contributed by atoms with van der Waals surface area (Å²) in [5, 5.41) is 3.56. The molecule has 21 heavy (non-hydrogen) atoms. The van der Waals surface area contributed by atoms with Crippen LogP contribution >= 0.6 is 0 Å². The molecule has 0 saturated heterocycles. The van der Waals surface area contributed by atoms with Crippen LogP contribution in [0.5, 0.6) is 0 Å². The van der Waals surface area contributed by atoms with Gasteiger partial charge in [-0.05, 0) is 38.6 Å². The maximum atomic E-state index is 6.41. The molecule has 2 aliphatic carbocycles. The first-order valence-electron chi connectivity index (χ1n) is 9.69. The van der Waals surface area contributed by atoms with Gasteiger partial charge in [-0.15, -0.1) is 0 Å². The quantitative estimate of drug-likeness (QED) is 0.782. The van der Waals surface area contributed by atoms with Crippen LogP contribution in [-0.4, -0.2) is 25.8 Å². The minimum Gasteiger partial charge on any atom is -0.376 e. The first kappa shape index (κ1) is 17.3. The second-order valence-electron chi connectivity index (χ2n) is 7.32. The van der Waals surface area contributed by atoms with Gasteiger partial charge in [0, 0.05) is 12.6 Å². The molecule has 0 radical (unpaired) electrons. The first-order chi connectivity index (χ1) is 10.4. The van der Waals surface area contributed by atoms with Crippen LogP contribution in [0.1, 0.15) is 89.9 Å². The average molecular weight is 296 g/mol. The second kappa shape index (κ2) is 10.6. The maximum absolute atomic E-state index is 6.41. The van der Waals surface area contributed by atoms with Crippen molar-refractivity contribution < 1.29 is 4.74 Å². The predicted octanol–water partition coefficient (Wildman–Crippen LogP) is 5.06. The summed E-state index contributed by atoms with van der Waals surface area (Å²) in [4.78, 5) is 0. The summed E-state index contributed by atoms with van der Waals surface area (Å²) in [6.45, 7) is 1.02. The zero-order chi connectivity index (χ0) is 14.8. The molecule has 0 amide bonds. The van der Waals surface area contributed by atoms with E-state index in [0.29, 0.717) is 12.1 Å². The highest BCUT2D eigenvalue weighted by Gasteiger charge is 2.23. The summed E-state index contributed by atoms with van der Waals surface area (Å²) >= 11 is 0. The van der Waals surface area contributed by atoms with Gasteiger partial charge in [-0.2, -0.15) is 0 Å². The summed E-state index contributed by atoms with van der Waals surface area (Å²) in [6, 6.07) is 0.575. The van der Waals surface area contributed by atoms with Crippen molar-refractivity contribution in [3.63, 3.8) is 0 Å². The van der Waals surface area contributed by atoms with Gasteiger partial charge in [0.1, 0.15) is 0 Å². The minimum absolute atomic E-state index is 0.454. The molecule has 0 aromatic rings. The van der Waals surface area contributed by atoms with Crippen molar-refractivity contribution in [3.8, 4) is 0 Å². The van der Waals surface area contributed by atoms with Crippen LogP contribution in [0.3, 0.4) is 0 Å². The highest BCUT2D eigenvalue weighted by molar-refractivity contribution is 4.78. The maximum Gasteiger partial charge on any atom is 0.0728 e. The molecule has 0 spiro atoms. The molecule has 1 N–H and O–H groups in total. The molecule has 2 aliphatic rings. The molecule has 2 heteroatoms. The SMILES string of the molecule is CNC1CCCCCCCCCCC1OCC1CCCC1. The molecule has 124 valence electrons. The van der Waals surface area contributed by atoms with Gasteiger partial charge in [0.2, 0.25) is 0 Å². The molecule has 0 heterocycles. The molecule has 2 nitrogen and oxygen atoms in total. The molecule has 2 rings (SSSR count).